The summed E-state index contributed by atoms with van der Waals surface area (Å²) in [6.45, 7) is 0.483. The molecule has 0 N–H and O–H groups in total. The van der Waals surface area contributed by atoms with Gasteiger partial charge in [-0.05, 0) is 28.1 Å². The second kappa shape index (κ2) is 7.35. The summed E-state index contributed by atoms with van der Waals surface area (Å²) in [6, 6.07) is 1.82. The Morgan fingerprint density at radius 1 is 1.40 bits per heavy atom. The maximum atomic E-state index is 13.6. The normalized spacial score (nSPS) is 11.4. The van der Waals surface area contributed by atoms with E-state index in [-0.39, 0.29) is 16.6 Å². The lowest BCUT2D eigenvalue weighted by Crippen LogP contribution is -2.09. The summed E-state index contributed by atoms with van der Waals surface area (Å²) < 4.78 is 45.4. The molecule has 1 aromatic carbocycles. The van der Waals surface area contributed by atoms with Gasteiger partial charge in [0.05, 0.1) is 16.6 Å². The van der Waals surface area contributed by atoms with Crippen molar-refractivity contribution in [2.45, 2.75) is 11.3 Å². The van der Waals surface area contributed by atoms with Gasteiger partial charge in [-0.15, -0.1) is 0 Å². The molecule has 20 heavy (non-hydrogen) atoms. The molecular formula is C11H11BrClFO5S. The van der Waals surface area contributed by atoms with E-state index < -0.39 is 25.7 Å². The van der Waals surface area contributed by atoms with Crippen LogP contribution in [0.1, 0.15) is 16.8 Å². The van der Waals surface area contributed by atoms with Crippen LogP contribution in [-0.2, 0) is 18.5 Å². The zero-order chi connectivity index (χ0) is 15.3. The van der Waals surface area contributed by atoms with E-state index in [0.717, 1.165) is 12.1 Å². The van der Waals surface area contributed by atoms with Gasteiger partial charge in [-0.1, -0.05) is 0 Å². The van der Waals surface area contributed by atoms with Crippen LogP contribution in [0.5, 0.6) is 0 Å². The largest absolute Gasteiger partial charge is 0.462 e. The van der Waals surface area contributed by atoms with Crippen molar-refractivity contribution in [1.82, 2.24) is 0 Å². The van der Waals surface area contributed by atoms with Crippen molar-refractivity contribution in [3.05, 3.63) is 28.0 Å². The molecule has 0 atom stereocenters. The number of hydrogen-bond acceptors (Lipinski definition) is 5. The van der Waals surface area contributed by atoms with Gasteiger partial charge in [0, 0.05) is 30.8 Å². The van der Waals surface area contributed by atoms with Crippen molar-refractivity contribution in [3.63, 3.8) is 0 Å². The summed E-state index contributed by atoms with van der Waals surface area (Å²) >= 11 is 2.77. The molecular weight excluding hydrogens is 379 g/mol. The first-order valence-corrected chi connectivity index (χ1v) is 8.47. The van der Waals surface area contributed by atoms with Crippen LogP contribution < -0.4 is 0 Å². The van der Waals surface area contributed by atoms with Gasteiger partial charge in [0.2, 0.25) is 0 Å². The number of benzene rings is 1. The number of halogens is 3. The van der Waals surface area contributed by atoms with Gasteiger partial charge >= 0.3 is 5.97 Å². The van der Waals surface area contributed by atoms with E-state index in [4.69, 9.17) is 20.2 Å². The van der Waals surface area contributed by atoms with Crippen molar-refractivity contribution in [1.29, 1.82) is 0 Å². The average molecular weight is 390 g/mol. The summed E-state index contributed by atoms with van der Waals surface area (Å²) in [4.78, 5) is 11.1. The van der Waals surface area contributed by atoms with Gasteiger partial charge in [-0.25, -0.2) is 17.6 Å². The number of carbonyl (C=O) groups is 1. The van der Waals surface area contributed by atoms with E-state index in [9.17, 15) is 17.6 Å². The van der Waals surface area contributed by atoms with Crippen LogP contribution in [0.3, 0.4) is 0 Å². The van der Waals surface area contributed by atoms with Crippen LogP contribution in [0.25, 0.3) is 0 Å². The minimum absolute atomic E-state index is 0.0767. The first kappa shape index (κ1) is 17.4. The van der Waals surface area contributed by atoms with E-state index in [2.05, 4.69) is 15.9 Å². The quantitative estimate of drug-likeness (QED) is 0.425. The molecule has 0 aliphatic carbocycles. The van der Waals surface area contributed by atoms with E-state index in [1.807, 2.05) is 0 Å². The molecule has 9 heteroatoms. The van der Waals surface area contributed by atoms with Crippen molar-refractivity contribution < 1.29 is 27.1 Å². The molecule has 0 aliphatic heterocycles. The molecule has 0 unspecified atom stereocenters. The van der Waals surface area contributed by atoms with E-state index in [1.165, 1.54) is 7.11 Å². The van der Waals surface area contributed by atoms with E-state index in [0.29, 0.717) is 13.0 Å². The number of ether oxygens (including phenoxy) is 2. The predicted octanol–water partition coefficient (Wildman–Crippen LogP) is 2.71. The number of rotatable bonds is 6. The Hall–Kier alpha value is -0.700. The first-order chi connectivity index (χ1) is 9.27. The summed E-state index contributed by atoms with van der Waals surface area (Å²) in [5.41, 5.74) is -0.234. The van der Waals surface area contributed by atoms with Crippen molar-refractivity contribution in [2.75, 3.05) is 20.3 Å². The first-order valence-electron chi connectivity index (χ1n) is 5.37. The van der Waals surface area contributed by atoms with E-state index >= 15 is 0 Å². The lowest BCUT2D eigenvalue weighted by Gasteiger charge is -2.07. The summed E-state index contributed by atoms with van der Waals surface area (Å²) in [5, 5.41) is 0. The van der Waals surface area contributed by atoms with Gasteiger partial charge in [0.1, 0.15) is 10.7 Å². The SMILES string of the molecule is COCCCOC(=O)c1cc(F)c(Br)c(S(=O)(=O)Cl)c1. The molecule has 0 radical (unpaired) electrons. The van der Waals surface area contributed by atoms with Crippen LogP contribution in [0.15, 0.2) is 21.5 Å². The smallest absolute Gasteiger partial charge is 0.338 e. The van der Waals surface area contributed by atoms with Crippen LogP contribution in [0.2, 0.25) is 0 Å². The topological polar surface area (TPSA) is 69.7 Å². The fourth-order valence-electron chi connectivity index (χ4n) is 1.31. The zero-order valence-electron chi connectivity index (χ0n) is 10.4. The Kier molecular flexibility index (Phi) is 6.38. The third-order valence-electron chi connectivity index (χ3n) is 2.22. The van der Waals surface area contributed by atoms with Crippen molar-refractivity contribution >= 4 is 41.6 Å². The highest BCUT2D eigenvalue weighted by Crippen LogP contribution is 2.29. The molecule has 0 aromatic heterocycles. The molecule has 112 valence electrons. The highest BCUT2D eigenvalue weighted by atomic mass is 79.9. The minimum Gasteiger partial charge on any atom is -0.462 e. The zero-order valence-corrected chi connectivity index (χ0v) is 13.5. The second-order valence-electron chi connectivity index (χ2n) is 3.69. The minimum atomic E-state index is -4.18. The van der Waals surface area contributed by atoms with Gasteiger partial charge in [0.15, 0.2) is 0 Å². The molecule has 0 amide bonds. The molecule has 0 fully saturated rings. The van der Waals surface area contributed by atoms with Crippen molar-refractivity contribution in [2.24, 2.45) is 0 Å². The highest BCUT2D eigenvalue weighted by molar-refractivity contribution is 9.10. The van der Waals surface area contributed by atoms with Gasteiger partial charge in [-0.2, -0.15) is 0 Å². The predicted molar refractivity (Wildman–Crippen MR) is 73.9 cm³/mol. The number of methoxy groups -OCH3 is 1. The summed E-state index contributed by atoms with van der Waals surface area (Å²) in [7, 11) is 2.48. The van der Waals surface area contributed by atoms with E-state index in [1.54, 1.807) is 0 Å². The molecule has 0 spiro atoms. The Bertz CT molecular complexity index is 605. The third-order valence-corrected chi connectivity index (χ3v) is 4.63. The second-order valence-corrected chi connectivity index (χ2v) is 7.02. The number of esters is 1. The molecule has 0 aliphatic rings. The lowest BCUT2D eigenvalue weighted by molar-refractivity contribution is 0.0467. The molecule has 0 saturated heterocycles. The maximum absolute atomic E-state index is 13.6. The molecule has 0 saturated carbocycles. The van der Waals surface area contributed by atoms with Crippen LogP contribution in [0.4, 0.5) is 4.39 Å². The Morgan fingerprint density at radius 2 is 2.05 bits per heavy atom. The van der Waals surface area contributed by atoms with Crippen LogP contribution in [-0.4, -0.2) is 34.7 Å². The van der Waals surface area contributed by atoms with Crippen molar-refractivity contribution in [3.8, 4) is 0 Å². The maximum Gasteiger partial charge on any atom is 0.338 e. The monoisotopic (exact) mass is 388 g/mol. The Labute approximate surface area is 128 Å². The number of hydrogen-bond donors (Lipinski definition) is 0. The molecule has 1 rings (SSSR count). The lowest BCUT2D eigenvalue weighted by atomic mass is 10.2. The average Bonchev–Trinajstić information content (AvgIpc) is 2.36. The third kappa shape index (κ3) is 4.69. The molecule has 5 nitrogen and oxygen atoms in total. The number of carbonyl (C=O) groups excluding carboxylic acids is 1. The summed E-state index contributed by atoms with van der Waals surface area (Å²) in [5.74, 6) is -1.76. The van der Waals surface area contributed by atoms with Crippen LogP contribution >= 0.6 is 26.6 Å². The standard InChI is InChI=1S/C11H11BrClFO5S/c1-18-3-2-4-19-11(15)7-5-8(14)10(12)9(6-7)20(13,16)17/h5-6H,2-4H2,1H3. The van der Waals surface area contributed by atoms with Gasteiger partial charge < -0.3 is 9.47 Å². The Morgan fingerprint density at radius 3 is 2.60 bits per heavy atom. The molecule has 1 aromatic rings. The fourth-order valence-corrected chi connectivity index (χ4v) is 3.40. The molecule has 0 bridgehead atoms. The van der Waals surface area contributed by atoms with Gasteiger partial charge in [0.25, 0.3) is 9.05 Å². The highest BCUT2D eigenvalue weighted by Gasteiger charge is 2.21. The fraction of sp³-hybridized carbons (Fsp3) is 0.364. The Balaban J connectivity index is 2.97. The molecule has 0 heterocycles. The van der Waals surface area contributed by atoms with Crippen LogP contribution in [0, 0.1) is 5.82 Å². The summed E-state index contributed by atoms with van der Waals surface area (Å²) in [6.07, 6.45) is 0.474. The van der Waals surface area contributed by atoms with Gasteiger partial charge in [-0.3, -0.25) is 0 Å².